The summed E-state index contributed by atoms with van der Waals surface area (Å²) in [5, 5.41) is 0. The number of aromatic amines is 1. The molecule has 8 nitrogen and oxygen atoms in total. The number of ether oxygens (including phenoxy) is 1. The van der Waals surface area contributed by atoms with Crippen LogP contribution in [-0.4, -0.2) is 32.6 Å². The van der Waals surface area contributed by atoms with Crippen LogP contribution in [0.5, 0.6) is 0 Å². The van der Waals surface area contributed by atoms with E-state index in [2.05, 4.69) is 19.7 Å². The van der Waals surface area contributed by atoms with E-state index in [0.717, 1.165) is 42.3 Å². The second kappa shape index (κ2) is 8.33. The number of fused-ring (bicyclic) bond motifs is 2. The van der Waals surface area contributed by atoms with Crippen molar-refractivity contribution in [2.45, 2.75) is 52.5 Å². The lowest BCUT2D eigenvalue weighted by Gasteiger charge is -2.17. The maximum absolute atomic E-state index is 12.2. The number of rotatable bonds is 7. The van der Waals surface area contributed by atoms with Gasteiger partial charge in [0.1, 0.15) is 0 Å². The lowest BCUT2D eigenvalue weighted by atomic mass is 10.1. The summed E-state index contributed by atoms with van der Waals surface area (Å²) >= 11 is 0. The molecule has 0 fully saturated rings. The van der Waals surface area contributed by atoms with Crippen LogP contribution in [0.25, 0.3) is 22.6 Å². The van der Waals surface area contributed by atoms with Crippen LogP contribution in [0.15, 0.2) is 21.7 Å². The van der Waals surface area contributed by atoms with E-state index in [4.69, 9.17) is 0 Å². The van der Waals surface area contributed by atoms with E-state index < -0.39 is 11.2 Å². The third kappa shape index (κ3) is 4.11. The Kier molecular flexibility index (Phi) is 5.87. The molecule has 0 saturated carbocycles. The minimum Gasteiger partial charge on any atom is -0.469 e. The first-order chi connectivity index (χ1) is 13.4. The fraction of sp³-hybridized carbons (Fsp3) is 0.450. The number of unbranched alkanes of at least 4 members (excludes halogenated alkanes) is 3. The monoisotopic (exact) mass is 384 g/mol. The summed E-state index contributed by atoms with van der Waals surface area (Å²) in [4.78, 5) is 45.8. The van der Waals surface area contributed by atoms with Crippen LogP contribution in [0.2, 0.25) is 0 Å². The van der Waals surface area contributed by atoms with Gasteiger partial charge in [0.05, 0.1) is 18.1 Å². The van der Waals surface area contributed by atoms with Gasteiger partial charge in [0.2, 0.25) is 0 Å². The van der Waals surface area contributed by atoms with Gasteiger partial charge in [-0.3, -0.25) is 14.6 Å². The van der Waals surface area contributed by atoms with E-state index in [1.807, 2.05) is 30.5 Å². The number of nitrogens with zero attached hydrogens (tertiary/aromatic N) is 3. The van der Waals surface area contributed by atoms with Gasteiger partial charge in [-0.1, -0.05) is 12.8 Å². The Morgan fingerprint density at radius 1 is 1.07 bits per heavy atom. The molecule has 0 spiro atoms. The molecule has 1 N–H and O–H groups in total. The van der Waals surface area contributed by atoms with Crippen molar-refractivity contribution in [1.82, 2.24) is 19.5 Å². The fourth-order valence-electron chi connectivity index (χ4n) is 3.27. The zero-order chi connectivity index (χ0) is 20.3. The Morgan fingerprint density at radius 2 is 1.79 bits per heavy atom. The number of benzene rings is 1. The average Bonchev–Trinajstić information content (AvgIpc) is 2.65. The summed E-state index contributed by atoms with van der Waals surface area (Å²) in [6.07, 6.45) is 3.83. The molecule has 0 aliphatic carbocycles. The van der Waals surface area contributed by atoms with Gasteiger partial charge in [-0.2, -0.15) is 4.98 Å². The maximum atomic E-state index is 12.2. The SMILES string of the molecule is COC(=O)CCCCCCn1c2nc(=O)[nH]c(=O)c-2nc2cc(C)c(C)cc21. The van der Waals surface area contributed by atoms with E-state index >= 15 is 0 Å². The van der Waals surface area contributed by atoms with E-state index in [-0.39, 0.29) is 11.7 Å². The predicted octanol–water partition coefficient (Wildman–Crippen LogP) is 2.32. The number of esters is 1. The number of H-pyrrole nitrogens is 1. The zero-order valence-electron chi connectivity index (χ0n) is 16.4. The molecule has 0 bridgehead atoms. The van der Waals surface area contributed by atoms with Gasteiger partial charge in [0, 0.05) is 13.0 Å². The number of carbonyl (C=O) groups is 1. The first kappa shape index (κ1) is 19.7. The van der Waals surface area contributed by atoms with Crippen molar-refractivity contribution in [2.75, 3.05) is 7.11 Å². The lowest BCUT2D eigenvalue weighted by Crippen LogP contribution is -2.29. The average molecular weight is 384 g/mol. The largest absolute Gasteiger partial charge is 0.469 e. The third-order valence-electron chi connectivity index (χ3n) is 4.96. The molecule has 2 aliphatic heterocycles. The van der Waals surface area contributed by atoms with E-state index in [1.54, 1.807) is 0 Å². The van der Waals surface area contributed by atoms with Gasteiger partial charge < -0.3 is 9.30 Å². The first-order valence-electron chi connectivity index (χ1n) is 9.39. The smallest absolute Gasteiger partial charge is 0.349 e. The second-order valence-corrected chi connectivity index (χ2v) is 6.97. The van der Waals surface area contributed by atoms with Crippen molar-refractivity contribution in [3.8, 4) is 11.5 Å². The number of hydrogen-bond donors (Lipinski definition) is 1. The molecule has 0 amide bonds. The van der Waals surface area contributed by atoms with Gasteiger partial charge in [0.15, 0.2) is 11.5 Å². The second-order valence-electron chi connectivity index (χ2n) is 6.97. The molecule has 0 radical (unpaired) electrons. The standard InChI is InChI=1S/C20H24N4O4/c1-12-10-14-15(11-13(12)2)24(9-7-5-4-6-8-16(25)28-3)18-17(21-14)19(26)23-20(27)22-18/h10-11H,4-9H2,1-3H3,(H,23,26,27). The summed E-state index contributed by atoms with van der Waals surface area (Å²) in [5.41, 5.74) is 2.71. The number of nitrogens with one attached hydrogen (secondary N) is 1. The maximum Gasteiger partial charge on any atom is 0.349 e. The molecule has 1 aromatic rings. The molecule has 2 aliphatic rings. The van der Waals surface area contributed by atoms with E-state index in [9.17, 15) is 14.4 Å². The topological polar surface area (TPSA) is 107 Å². The fourth-order valence-corrected chi connectivity index (χ4v) is 3.27. The number of aryl methyl sites for hydroxylation is 3. The first-order valence-corrected chi connectivity index (χ1v) is 9.39. The number of aromatic nitrogens is 4. The molecule has 28 heavy (non-hydrogen) atoms. The van der Waals surface area contributed by atoms with Gasteiger partial charge >= 0.3 is 11.7 Å². The number of hydrogen-bond acceptors (Lipinski definition) is 6. The van der Waals surface area contributed by atoms with Gasteiger partial charge in [0.25, 0.3) is 5.56 Å². The molecule has 1 aromatic carbocycles. The lowest BCUT2D eigenvalue weighted by molar-refractivity contribution is -0.140. The third-order valence-corrected chi connectivity index (χ3v) is 4.96. The Morgan fingerprint density at radius 3 is 2.54 bits per heavy atom. The van der Waals surface area contributed by atoms with Crippen LogP contribution >= 0.6 is 0 Å². The molecular formula is C20H24N4O4. The molecule has 8 heteroatoms. The molecule has 148 valence electrons. The Labute approximate surface area is 161 Å². The Bertz CT molecular complexity index is 1100. The van der Waals surface area contributed by atoms with Crippen molar-refractivity contribution in [2.24, 2.45) is 0 Å². The summed E-state index contributed by atoms with van der Waals surface area (Å²) in [7, 11) is 1.39. The van der Waals surface area contributed by atoms with E-state index in [0.29, 0.717) is 24.3 Å². The van der Waals surface area contributed by atoms with Crippen LogP contribution in [0.3, 0.4) is 0 Å². The minimum atomic E-state index is -0.672. The van der Waals surface area contributed by atoms with Crippen LogP contribution < -0.4 is 11.2 Å². The number of carbonyl (C=O) groups excluding carboxylic acids is 1. The van der Waals surface area contributed by atoms with Crippen molar-refractivity contribution in [3.05, 3.63) is 44.1 Å². The molecule has 0 unspecified atom stereocenters. The van der Waals surface area contributed by atoms with Crippen molar-refractivity contribution in [1.29, 1.82) is 0 Å². The molecule has 3 rings (SSSR count). The van der Waals surface area contributed by atoms with Crippen LogP contribution in [0.4, 0.5) is 0 Å². The summed E-state index contributed by atoms with van der Waals surface area (Å²) in [6, 6.07) is 3.96. The molecule has 0 aromatic heterocycles. The molecular weight excluding hydrogens is 360 g/mol. The molecule has 0 atom stereocenters. The minimum absolute atomic E-state index is 0.168. The van der Waals surface area contributed by atoms with Crippen LogP contribution in [0.1, 0.15) is 43.2 Å². The molecule has 2 heterocycles. The van der Waals surface area contributed by atoms with Crippen LogP contribution in [-0.2, 0) is 16.1 Å². The predicted molar refractivity (Wildman–Crippen MR) is 106 cm³/mol. The molecule has 0 saturated heterocycles. The highest BCUT2D eigenvalue weighted by atomic mass is 16.5. The van der Waals surface area contributed by atoms with Crippen LogP contribution in [0, 0.1) is 13.8 Å². The quantitative estimate of drug-likeness (QED) is 0.381. The van der Waals surface area contributed by atoms with Crippen molar-refractivity contribution in [3.63, 3.8) is 0 Å². The Balaban J connectivity index is 1.92. The van der Waals surface area contributed by atoms with Crippen molar-refractivity contribution < 1.29 is 9.53 Å². The van der Waals surface area contributed by atoms with Crippen molar-refractivity contribution >= 4 is 17.0 Å². The van der Waals surface area contributed by atoms with Gasteiger partial charge in [-0.25, -0.2) is 9.78 Å². The number of methoxy groups -OCH3 is 1. The highest BCUT2D eigenvalue weighted by molar-refractivity contribution is 5.81. The highest BCUT2D eigenvalue weighted by Crippen LogP contribution is 2.24. The zero-order valence-corrected chi connectivity index (χ0v) is 16.4. The van der Waals surface area contributed by atoms with Gasteiger partial charge in [-0.05, 0) is 49.9 Å². The summed E-state index contributed by atoms with van der Waals surface area (Å²) in [5.74, 6) is 0.108. The summed E-state index contributed by atoms with van der Waals surface area (Å²) < 4.78 is 6.55. The summed E-state index contributed by atoms with van der Waals surface area (Å²) in [6.45, 7) is 4.61. The Hall–Kier alpha value is -3.03. The van der Waals surface area contributed by atoms with E-state index in [1.165, 1.54) is 7.11 Å². The normalized spacial score (nSPS) is 11.2. The highest BCUT2D eigenvalue weighted by Gasteiger charge is 2.19. The van der Waals surface area contributed by atoms with Gasteiger partial charge in [-0.15, -0.1) is 0 Å².